The van der Waals surface area contributed by atoms with Crippen molar-refractivity contribution in [3.63, 3.8) is 0 Å². The van der Waals surface area contributed by atoms with Crippen LogP contribution in [0.25, 0.3) is 22.0 Å². The monoisotopic (exact) mass is 538 g/mol. The van der Waals surface area contributed by atoms with E-state index in [9.17, 15) is 17.9 Å². The maximum Gasteiger partial charge on any atom is 0.263 e. The van der Waals surface area contributed by atoms with Gasteiger partial charge in [-0.05, 0) is 59.5 Å². The number of hydrogen-bond donors (Lipinski definition) is 3. The Balaban J connectivity index is 1.84. The SMILES string of the molecule is CCc1cc(-c2c(F)ccc(NS(=O)(=O)c3cc(Cl)cc(CO)c3Cl)c2F)cc2cnc(N)nc12. The Labute approximate surface area is 209 Å². The Morgan fingerprint density at radius 3 is 2.54 bits per heavy atom. The average molecular weight is 539 g/mol. The van der Waals surface area contributed by atoms with Crippen LogP contribution in [0.1, 0.15) is 18.1 Å². The van der Waals surface area contributed by atoms with Crippen molar-refractivity contribution in [3.8, 4) is 11.1 Å². The van der Waals surface area contributed by atoms with Gasteiger partial charge in [0.05, 0.1) is 28.4 Å². The standard InChI is InChI=1S/C23H18Cl2F2N4O3S/c1-2-11-5-12(6-13-9-29-23(28)30-22(11)13)19-16(26)3-4-17(21(19)27)31-35(33,34)18-8-15(24)7-14(10-32)20(18)25/h3-9,31-32H,2,10H2,1H3,(H2,28,29,30). The molecule has 12 heteroatoms. The number of hydrogen-bond acceptors (Lipinski definition) is 6. The summed E-state index contributed by atoms with van der Waals surface area (Å²) < 4.78 is 58.5. The Hall–Kier alpha value is -3.05. The summed E-state index contributed by atoms with van der Waals surface area (Å²) in [6.07, 6.45) is 1.94. The molecule has 35 heavy (non-hydrogen) atoms. The summed E-state index contributed by atoms with van der Waals surface area (Å²) in [4.78, 5) is 7.68. The number of nitrogen functional groups attached to an aromatic ring is 1. The van der Waals surface area contributed by atoms with E-state index in [1.807, 2.05) is 6.92 Å². The van der Waals surface area contributed by atoms with Gasteiger partial charge >= 0.3 is 0 Å². The van der Waals surface area contributed by atoms with E-state index in [0.29, 0.717) is 22.9 Å². The fourth-order valence-electron chi connectivity index (χ4n) is 3.67. The van der Waals surface area contributed by atoms with Crippen LogP contribution in [0.15, 0.2) is 47.5 Å². The summed E-state index contributed by atoms with van der Waals surface area (Å²) in [7, 11) is -4.46. The minimum absolute atomic E-state index is 0.00482. The van der Waals surface area contributed by atoms with E-state index in [1.165, 1.54) is 18.3 Å². The molecule has 0 spiro atoms. The number of aliphatic hydroxyl groups excluding tert-OH is 1. The molecule has 0 bridgehead atoms. The largest absolute Gasteiger partial charge is 0.392 e. The van der Waals surface area contributed by atoms with Crippen molar-refractivity contribution in [1.82, 2.24) is 9.97 Å². The first kappa shape index (κ1) is 25.1. The molecule has 0 aliphatic heterocycles. The van der Waals surface area contributed by atoms with Gasteiger partial charge < -0.3 is 10.8 Å². The third kappa shape index (κ3) is 4.74. The second-order valence-corrected chi connectivity index (χ2v) is 10.0. The van der Waals surface area contributed by atoms with Gasteiger partial charge in [-0.25, -0.2) is 27.2 Å². The van der Waals surface area contributed by atoms with Crippen molar-refractivity contribution >= 4 is 55.8 Å². The lowest BCUT2D eigenvalue weighted by atomic mass is 9.97. The van der Waals surface area contributed by atoms with E-state index in [-0.39, 0.29) is 27.1 Å². The maximum atomic E-state index is 15.6. The van der Waals surface area contributed by atoms with Crippen LogP contribution in [0.5, 0.6) is 0 Å². The quantitative estimate of drug-likeness (QED) is 0.305. The number of anilines is 2. The first-order chi connectivity index (χ1) is 16.6. The molecule has 0 saturated heterocycles. The number of benzene rings is 3. The summed E-state index contributed by atoms with van der Waals surface area (Å²) in [6, 6.07) is 7.34. The van der Waals surface area contributed by atoms with Crippen molar-refractivity contribution in [1.29, 1.82) is 0 Å². The summed E-state index contributed by atoms with van der Waals surface area (Å²) >= 11 is 12.1. The first-order valence-electron chi connectivity index (χ1n) is 10.2. The van der Waals surface area contributed by atoms with Crippen LogP contribution in [0.3, 0.4) is 0 Å². The normalized spacial score (nSPS) is 11.7. The van der Waals surface area contributed by atoms with Gasteiger partial charge in [0.15, 0.2) is 5.82 Å². The zero-order valence-corrected chi connectivity index (χ0v) is 20.4. The van der Waals surface area contributed by atoms with Crippen molar-refractivity contribution in [3.05, 3.63) is 75.4 Å². The van der Waals surface area contributed by atoms with Crippen molar-refractivity contribution in [2.45, 2.75) is 24.8 Å². The van der Waals surface area contributed by atoms with Gasteiger partial charge in [0.1, 0.15) is 10.7 Å². The van der Waals surface area contributed by atoms with Crippen LogP contribution >= 0.6 is 23.2 Å². The molecule has 182 valence electrons. The summed E-state index contributed by atoms with van der Waals surface area (Å²) in [5.41, 5.74) is 6.20. The van der Waals surface area contributed by atoms with Crippen molar-refractivity contribution < 1.29 is 22.3 Å². The first-order valence-corrected chi connectivity index (χ1v) is 12.4. The van der Waals surface area contributed by atoms with Gasteiger partial charge in [0.2, 0.25) is 5.95 Å². The van der Waals surface area contributed by atoms with Crippen LogP contribution in [-0.2, 0) is 23.1 Å². The molecule has 4 aromatic rings. The van der Waals surface area contributed by atoms with E-state index in [0.717, 1.165) is 18.2 Å². The molecule has 0 radical (unpaired) electrons. The third-order valence-corrected chi connectivity index (χ3v) is 7.49. The number of aryl methyl sites for hydroxylation is 1. The van der Waals surface area contributed by atoms with Crippen molar-refractivity contribution in [2.24, 2.45) is 0 Å². The lowest BCUT2D eigenvalue weighted by molar-refractivity contribution is 0.281. The molecule has 4 rings (SSSR count). The molecule has 0 amide bonds. The van der Waals surface area contributed by atoms with Crippen molar-refractivity contribution in [2.75, 3.05) is 10.5 Å². The second-order valence-electron chi connectivity index (χ2n) is 7.58. The number of sulfonamides is 1. The average Bonchev–Trinajstić information content (AvgIpc) is 2.81. The number of nitrogens with one attached hydrogen (secondary N) is 1. The number of aliphatic hydroxyl groups is 1. The zero-order chi connectivity index (χ0) is 25.5. The summed E-state index contributed by atoms with van der Waals surface area (Å²) in [5.74, 6) is -1.96. The Morgan fingerprint density at radius 1 is 1.11 bits per heavy atom. The molecule has 3 aromatic carbocycles. The molecular weight excluding hydrogens is 521 g/mol. The predicted octanol–water partition coefficient (Wildman–Crippen LogP) is 5.32. The van der Waals surface area contributed by atoms with E-state index in [2.05, 4.69) is 14.7 Å². The van der Waals surface area contributed by atoms with E-state index in [1.54, 1.807) is 6.07 Å². The number of nitrogens with zero attached hydrogens (tertiary/aromatic N) is 2. The highest BCUT2D eigenvalue weighted by atomic mass is 35.5. The maximum absolute atomic E-state index is 15.6. The minimum Gasteiger partial charge on any atom is -0.392 e. The Bertz CT molecular complexity index is 1580. The van der Waals surface area contributed by atoms with Crippen LogP contribution in [-0.4, -0.2) is 23.5 Å². The molecule has 4 N–H and O–H groups in total. The van der Waals surface area contributed by atoms with Gasteiger partial charge in [-0.1, -0.05) is 30.1 Å². The summed E-state index contributed by atoms with van der Waals surface area (Å²) in [5, 5.41) is 9.67. The molecule has 0 aliphatic carbocycles. The molecule has 7 nitrogen and oxygen atoms in total. The number of rotatable bonds is 6. The molecule has 0 saturated carbocycles. The van der Waals surface area contributed by atoms with Crippen LogP contribution in [0.2, 0.25) is 10.0 Å². The number of fused-ring (bicyclic) bond motifs is 1. The highest BCUT2D eigenvalue weighted by Crippen LogP contribution is 2.36. The molecule has 0 aliphatic rings. The van der Waals surface area contributed by atoms with Crippen LogP contribution in [0, 0.1) is 11.6 Å². The molecule has 0 atom stereocenters. The van der Waals surface area contributed by atoms with E-state index >= 15 is 4.39 Å². The molecular formula is C23H18Cl2F2N4O3S. The smallest absolute Gasteiger partial charge is 0.263 e. The van der Waals surface area contributed by atoms with Gasteiger partial charge in [-0.15, -0.1) is 0 Å². The highest BCUT2D eigenvalue weighted by molar-refractivity contribution is 7.92. The molecule has 1 heterocycles. The zero-order valence-electron chi connectivity index (χ0n) is 18.1. The van der Waals surface area contributed by atoms with Gasteiger partial charge in [-0.2, -0.15) is 0 Å². The molecule has 0 unspecified atom stereocenters. The third-order valence-electron chi connectivity index (χ3n) is 5.32. The second kappa shape index (κ2) is 9.54. The predicted molar refractivity (Wildman–Crippen MR) is 132 cm³/mol. The van der Waals surface area contributed by atoms with Crippen LogP contribution in [0.4, 0.5) is 20.4 Å². The Kier molecular flexibility index (Phi) is 6.83. The molecule has 1 aromatic heterocycles. The fraction of sp³-hybridized carbons (Fsp3) is 0.130. The number of nitrogens with two attached hydrogens (primary N) is 1. The minimum atomic E-state index is -4.46. The lowest BCUT2D eigenvalue weighted by Gasteiger charge is -2.15. The lowest BCUT2D eigenvalue weighted by Crippen LogP contribution is -2.16. The van der Waals surface area contributed by atoms with Crippen LogP contribution < -0.4 is 10.5 Å². The molecule has 0 fully saturated rings. The fourth-order valence-corrected chi connectivity index (χ4v) is 5.66. The van der Waals surface area contributed by atoms with Gasteiger partial charge in [-0.3, -0.25) is 4.72 Å². The van der Waals surface area contributed by atoms with E-state index < -0.39 is 44.4 Å². The summed E-state index contributed by atoms with van der Waals surface area (Å²) in [6.45, 7) is 1.29. The highest BCUT2D eigenvalue weighted by Gasteiger charge is 2.25. The van der Waals surface area contributed by atoms with Gasteiger partial charge in [0, 0.05) is 16.6 Å². The topological polar surface area (TPSA) is 118 Å². The number of aromatic nitrogens is 2. The number of halogens is 4. The van der Waals surface area contributed by atoms with E-state index in [4.69, 9.17) is 28.9 Å². The Morgan fingerprint density at radius 2 is 1.86 bits per heavy atom. The van der Waals surface area contributed by atoms with Gasteiger partial charge in [0.25, 0.3) is 10.0 Å².